The van der Waals surface area contributed by atoms with E-state index in [2.05, 4.69) is 25.1 Å². The molecule has 0 saturated heterocycles. The lowest BCUT2D eigenvalue weighted by Gasteiger charge is -2.10. The van der Waals surface area contributed by atoms with Gasteiger partial charge in [-0.3, -0.25) is 9.20 Å². The van der Waals surface area contributed by atoms with E-state index in [9.17, 15) is 4.79 Å². The summed E-state index contributed by atoms with van der Waals surface area (Å²) in [6, 6.07) is 11.9. The van der Waals surface area contributed by atoms with Crippen molar-refractivity contribution in [3.8, 4) is 5.75 Å². The Bertz CT molecular complexity index is 1140. The van der Waals surface area contributed by atoms with Crippen molar-refractivity contribution < 1.29 is 4.74 Å². The number of pyridine rings is 1. The molecule has 2 aromatic carbocycles. The second kappa shape index (κ2) is 5.74. The summed E-state index contributed by atoms with van der Waals surface area (Å²) in [6.07, 6.45) is 0.901. The molecule has 128 valence electrons. The third-order valence-corrected chi connectivity index (χ3v) is 5.10. The van der Waals surface area contributed by atoms with Gasteiger partial charge in [0.25, 0.3) is 5.56 Å². The molecule has 2 aromatic heterocycles. The molecule has 0 unspecified atom stereocenters. The van der Waals surface area contributed by atoms with Crippen LogP contribution in [0.5, 0.6) is 5.75 Å². The van der Waals surface area contributed by atoms with Crippen LogP contribution in [0.25, 0.3) is 27.1 Å². The third kappa shape index (κ3) is 2.29. The average molecular weight is 334 g/mol. The van der Waals surface area contributed by atoms with Crippen molar-refractivity contribution in [2.75, 3.05) is 27.7 Å². The van der Waals surface area contributed by atoms with Crippen molar-refractivity contribution in [3.05, 3.63) is 58.0 Å². The van der Waals surface area contributed by atoms with Crippen LogP contribution in [0.4, 0.5) is 0 Å². The topological polar surface area (TPSA) is 34.0 Å². The van der Waals surface area contributed by atoms with Crippen LogP contribution in [0, 0.1) is 6.92 Å². The van der Waals surface area contributed by atoms with Gasteiger partial charge in [0.15, 0.2) is 0 Å². The molecule has 0 aliphatic rings. The van der Waals surface area contributed by atoms with E-state index in [1.807, 2.05) is 41.7 Å². The van der Waals surface area contributed by atoms with Crippen LogP contribution in [0.1, 0.15) is 11.3 Å². The number of likely N-dealkylation sites (N-methyl/N-ethyl adjacent to an activating group) is 1. The van der Waals surface area contributed by atoms with Crippen LogP contribution in [0.15, 0.2) is 41.2 Å². The average Bonchev–Trinajstić information content (AvgIpc) is 2.89. The van der Waals surface area contributed by atoms with Gasteiger partial charge in [-0.25, -0.2) is 0 Å². The number of nitrogens with zero attached hydrogens (tertiary/aromatic N) is 2. The maximum atomic E-state index is 13.1. The van der Waals surface area contributed by atoms with Gasteiger partial charge in [-0.05, 0) is 56.6 Å². The second-order valence-electron chi connectivity index (χ2n) is 6.87. The maximum Gasteiger partial charge on any atom is 0.263 e. The molecule has 0 aliphatic heterocycles. The van der Waals surface area contributed by atoms with Crippen molar-refractivity contribution >= 4 is 27.1 Å². The molecular formula is C21H22N2O2. The molecule has 4 nitrogen and oxygen atoms in total. The van der Waals surface area contributed by atoms with Gasteiger partial charge in [-0.1, -0.05) is 18.2 Å². The minimum atomic E-state index is 0.0619. The summed E-state index contributed by atoms with van der Waals surface area (Å²) < 4.78 is 7.44. The molecule has 4 heteroatoms. The number of aromatic nitrogens is 1. The Labute approximate surface area is 146 Å². The number of benzene rings is 2. The van der Waals surface area contributed by atoms with Gasteiger partial charge >= 0.3 is 0 Å². The lowest BCUT2D eigenvalue weighted by Crippen LogP contribution is -2.16. The van der Waals surface area contributed by atoms with Crippen molar-refractivity contribution in [2.24, 2.45) is 0 Å². The van der Waals surface area contributed by atoms with Crippen molar-refractivity contribution in [2.45, 2.75) is 13.3 Å². The monoisotopic (exact) mass is 334 g/mol. The van der Waals surface area contributed by atoms with Crippen molar-refractivity contribution in [3.63, 3.8) is 0 Å². The minimum Gasteiger partial charge on any atom is -0.497 e. The predicted octanol–water partition coefficient (Wildman–Crippen LogP) is 3.46. The number of hydrogen-bond acceptors (Lipinski definition) is 3. The van der Waals surface area contributed by atoms with E-state index in [4.69, 9.17) is 4.74 Å². The van der Waals surface area contributed by atoms with E-state index >= 15 is 0 Å². The first kappa shape index (κ1) is 15.9. The van der Waals surface area contributed by atoms with Crippen LogP contribution >= 0.6 is 0 Å². The highest BCUT2D eigenvalue weighted by molar-refractivity contribution is 6.13. The zero-order valence-electron chi connectivity index (χ0n) is 15.1. The number of hydrogen-bond donors (Lipinski definition) is 0. The Morgan fingerprint density at radius 3 is 2.40 bits per heavy atom. The number of aryl methyl sites for hydroxylation is 1. The fourth-order valence-electron chi connectivity index (χ4n) is 3.83. The molecule has 25 heavy (non-hydrogen) atoms. The van der Waals surface area contributed by atoms with Gasteiger partial charge in [0, 0.05) is 28.4 Å². The number of methoxy groups -OCH3 is 1. The van der Waals surface area contributed by atoms with Crippen LogP contribution in [-0.4, -0.2) is 37.1 Å². The Balaban J connectivity index is 2.21. The van der Waals surface area contributed by atoms with E-state index in [0.717, 1.165) is 51.5 Å². The Hall–Kier alpha value is -2.59. The molecule has 0 amide bonds. The molecule has 0 bridgehead atoms. The van der Waals surface area contributed by atoms with E-state index in [-0.39, 0.29) is 5.56 Å². The summed E-state index contributed by atoms with van der Waals surface area (Å²) in [6.45, 7) is 2.99. The van der Waals surface area contributed by atoms with Crippen molar-refractivity contribution in [1.82, 2.24) is 9.30 Å². The van der Waals surface area contributed by atoms with Gasteiger partial charge < -0.3 is 9.64 Å². The largest absolute Gasteiger partial charge is 0.497 e. The molecule has 4 aromatic rings. The van der Waals surface area contributed by atoms with Gasteiger partial charge in [-0.15, -0.1) is 0 Å². The number of fused-ring (bicyclic) bond motifs is 2. The molecule has 4 rings (SSSR count). The highest BCUT2D eigenvalue weighted by atomic mass is 16.5. The van der Waals surface area contributed by atoms with Gasteiger partial charge in [0.1, 0.15) is 5.75 Å². The first-order valence-corrected chi connectivity index (χ1v) is 8.53. The molecule has 0 spiro atoms. The summed E-state index contributed by atoms with van der Waals surface area (Å²) in [7, 11) is 5.83. The number of ether oxygens (including phenoxy) is 1. The van der Waals surface area contributed by atoms with E-state index < -0.39 is 0 Å². The Morgan fingerprint density at radius 1 is 1.04 bits per heavy atom. The minimum absolute atomic E-state index is 0.0619. The molecule has 0 radical (unpaired) electrons. The number of rotatable bonds is 4. The third-order valence-electron chi connectivity index (χ3n) is 5.10. The molecule has 0 aliphatic carbocycles. The van der Waals surface area contributed by atoms with E-state index in [0.29, 0.717) is 0 Å². The summed E-state index contributed by atoms with van der Waals surface area (Å²) in [5.41, 5.74) is 3.33. The molecule has 0 atom stereocenters. The van der Waals surface area contributed by atoms with Crippen LogP contribution < -0.4 is 10.3 Å². The zero-order valence-corrected chi connectivity index (χ0v) is 15.1. The smallest absolute Gasteiger partial charge is 0.263 e. The lowest BCUT2D eigenvalue weighted by atomic mass is 10.0. The molecule has 2 heterocycles. The highest BCUT2D eigenvalue weighted by Crippen LogP contribution is 2.35. The Morgan fingerprint density at radius 2 is 1.72 bits per heavy atom. The maximum absolute atomic E-state index is 13.1. The first-order valence-electron chi connectivity index (χ1n) is 8.53. The first-order chi connectivity index (χ1) is 12.0. The summed E-state index contributed by atoms with van der Waals surface area (Å²) in [5.74, 6) is 0.829. The van der Waals surface area contributed by atoms with Crippen molar-refractivity contribution in [1.29, 1.82) is 0 Å². The molecular weight excluding hydrogens is 312 g/mol. The normalized spacial score (nSPS) is 12.0. The van der Waals surface area contributed by atoms with Gasteiger partial charge in [0.05, 0.1) is 12.6 Å². The lowest BCUT2D eigenvalue weighted by molar-refractivity contribution is 0.413. The van der Waals surface area contributed by atoms with Gasteiger partial charge in [0.2, 0.25) is 0 Å². The summed E-state index contributed by atoms with van der Waals surface area (Å²) in [4.78, 5) is 15.3. The van der Waals surface area contributed by atoms with Gasteiger partial charge in [-0.2, -0.15) is 0 Å². The quantitative estimate of drug-likeness (QED) is 0.536. The van der Waals surface area contributed by atoms with E-state index in [1.165, 1.54) is 5.56 Å². The van der Waals surface area contributed by atoms with Crippen LogP contribution in [0.2, 0.25) is 0 Å². The predicted molar refractivity (Wildman–Crippen MR) is 103 cm³/mol. The zero-order chi connectivity index (χ0) is 17.7. The standard InChI is InChI=1S/C21H22N2O2/c1-13-15(9-10-22(2)3)18-11-14(25-4)12-19-16-7-5-6-8-17(16)21(24)23(13)20(18)19/h5-8,11-12H,9-10H2,1-4H3. The molecule has 0 saturated carbocycles. The second-order valence-corrected chi connectivity index (χ2v) is 6.87. The summed E-state index contributed by atoms with van der Waals surface area (Å²) >= 11 is 0. The Kier molecular flexibility index (Phi) is 3.65. The summed E-state index contributed by atoms with van der Waals surface area (Å²) in [5, 5.41) is 3.93. The van der Waals surface area contributed by atoms with Crippen LogP contribution in [0.3, 0.4) is 0 Å². The molecule has 0 N–H and O–H groups in total. The van der Waals surface area contributed by atoms with E-state index in [1.54, 1.807) is 7.11 Å². The SMILES string of the molecule is COc1cc2c(CCN(C)C)c(C)n3c(=O)c4ccccc4c(c1)c23. The fraction of sp³-hybridized carbons (Fsp3) is 0.286. The van der Waals surface area contributed by atoms with Crippen LogP contribution in [-0.2, 0) is 6.42 Å². The highest BCUT2D eigenvalue weighted by Gasteiger charge is 2.20. The fourth-order valence-corrected chi connectivity index (χ4v) is 3.83. The molecule has 0 fully saturated rings.